The number of rotatable bonds is 1. The molecular formula is C12H13FO2. The van der Waals surface area contributed by atoms with Crippen molar-refractivity contribution in [2.24, 2.45) is 0 Å². The van der Waals surface area contributed by atoms with Crippen LogP contribution in [0.2, 0.25) is 0 Å². The Bertz CT molecular complexity index is 424. The first-order chi connectivity index (χ1) is 7.11. The van der Waals surface area contributed by atoms with Crippen molar-refractivity contribution in [3.8, 4) is 0 Å². The van der Waals surface area contributed by atoms with Crippen LogP contribution in [-0.4, -0.2) is 11.1 Å². The summed E-state index contributed by atoms with van der Waals surface area (Å²) in [4.78, 5) is 11.0. The topological polar surface area (TPSA) is 37.3 Å². The fraction of sp³-hybridized carbons (Fsp3) is 0.417. The van der Waals surface area contributed by atoms with Crippen molar-refractivity contribution in [1.82, 2.24) is 0 Å². The summed E-state index contributed by atoms with van der Waals surface area (Å²) in [7, 11) is 0. The van der Waals surface area contributed by atoms with E-state index in [9.17, 15) is 9.18 Å². The van der Waals surface area contributed by atoms with Crippen LogP contribution in [-0.2, 0) is 12.8 Å². The van der Waals surface area contributed by atoms with Gasteiger partial charge in [-0.15, -0.1) is 0 Å². The van der Waals surface area contributed by atoms with Crippen LogP contribution in [0.1, 0.15) is 39.9 Å². The second kappa shape index (κ2) is 3.65. The monoisotopic (exact) mass is 208 g/mol. The number of carbonyl (C=O) groups is 1. The molecular weight excluding hydrogens is 195 g/mol. The number of carboxylic acid groups (broad SMARTS) is 1. The van der Waals surface area contributed by atoms with E-state index < -0.39 is 11.8 Å². The summed E-state index contributed by atoms with van der Waals surface area (Å²) < 4.78 is 13.7. The van der Waals surface area contributed by atoms with Crippen LogP contribution in [0, 0.1) is 12.7 Å². The second-order valence-corrected chi connectivity index (χ2v) is 4.03. The van der Waals surface area contributed by atoms with E-state index in [-0.39, 0.29) is 5.56 Å². The molecule has 0 aliphatic heterocycles. The van der Waals surface area contributed by atoms with Crippen LogP contribution < -0.4 is 0 Å². The Labute approximate surface area is 87.7 Å². The maximum absolute atomic E-state index is 13.7. The molecule has 80 valence electrons. The van der Waals surface area contributed by atoms with Crippen molar-refractivity contribution < 1.29 is 14.3 Å². The zero-order chi connectivity index (χ0) is 11.0. The van der Waals surface area contributed by atoms with Gasteiger partial charge >= 0.3 is 5.97 Å². The Kier molecular flexibility index (Phi) is 2.47. The SMILES string of the molecule is Cc1cc2c(c(C(=O)O)c1F)CCCC2. The molecule has 1 N–H and O–H groups in total. The first kappa shape index (κ1) is 10.1. The van der Waals surface area contributed by atoms with Crippen LogP contribution in [0.25, 0.3) is 0 Å². The van der Waals surface area contributed by atoms with Gasteiger partial charge in [0.05, 0.1) is 5.56 Å². The molecule has 2 rings (SSSR count). The highest BCUT2D eigenvalue weighted by molar-refractivity contribution is 5.90. The smallest absolute Gasteiger partial charge is 0.338 e. The number of halogens is 1. The standard InChI is InChI=1S/C12H13FO2/c1-7-6-8-4-2-3-5-9(8)10(11(7)13)12(14)15/h6H,2-5H2,1H3,(H,14,15). The lowest BCUT2D eigenvalue weighted by Crippen LogP contribution is -2.14. The van der Waals surface area contributed by atoms with Gasteiger partial charge in [-0.3, -0.25) is 0 Å². The zero-order valence-electron chi connectivity index (χ0n) is 8.64. The number of hydrogen-bond acceptors (Lipinski definition) is 1. The van der Waals surface area contributed by atoms with Gasteiger partial charge in [0.15, 0.2) is 0 Å². The highest BCUT2D eigenvalue weighted by Gasteiger charge is 2.23. The molecule has 2 nitrogen and oxygen atoms in total. The third-order valence-electron chi connectivity index (χ3n) is 2.98. The lowest BCUT2D eigenvalue weighted by molar-refractivity contribution is 0.0690. The summed E-state index contributed by atoms with van der Waals surface area (Å²) in [6.07, 6.45) is 3.58. The Hall–Kier alpha value is -1.38. The van der Waals surface area contributed by atoms with Gasteiger partial charge in [0.2, 0.25) is 0 Å². The summed E-state index contributed by atoms with van der Waals surface area (Å²) in [6, 6.07) is 1.79. The van der Waals surface area contributed by atoms with E-state index in [0.717, 1.165) is 24.8 Å². The minimum atomic E-state index is -1.14. The first-order valence-corrected chi connectivity index (χ1v) is 5.15. The van der Waals surface area contributed by atoms with Crippen LogP contribution in [0.15, 0.2) is 6.07 Å². The number of benzene rings is 1. The predicted octanol–water partition coefficient (Wildman–Crippen LogP) is 2.71. The van der Waals surface area contributed by atoms with Crippen LogP contribution in [0.3, 0.4) is 0 Å². The van der Waals surface area contributed by atoms with Crippen molar-refractivity contribution in [2.45, 2.75) is 32.6 Å². The number of carboxylic acids is 1. The molecule has 0 saturated heterocycles. The normalized spacial score (nSPS) is 14.8. The molecule has 0 amide bonds. The minimum absolute atomic E-state index is 0.107. The molecule has 1 aromatic carbocycles. The van der Waals surface area contributed by atoms with Gasteiger partial charge in [-0.05, 0) is 49.3 Å². The molecule has 0 fully saturated rings. The highest BCUT2D eigenvalue weighted by atomic mass is 19.1. The number of aromatic carboxylic acids is 1. The van der Waals surface area contributed by atoms with Crippen LogP contribution in [0.4, 0.5) is 4.39 Å². The third kappa shape index (κ3) is 1.62. The van der Waals surface area contributed by atoms with Gasteiger partial charge in [0, 0.05) is 0 Å². The number of aryl methyl sites for hydroxylation is 2. The molecule has 0 unspecified atom stereocenters. The van der Waals surface area contributed by atoms with Gasteiger partial charge < -0.3 is 5.11 Å². The van der Waals surface area contributed by atoms with E-state index in [1.165, 1.54) is 0 Å². The predicted molar refractivity (Wildman–Crippen MR) is 54.7 cm³/mol. The molecule has 0 heterocycles. The van der Waals surface area contributed by atoms with E-state index in [0.29, 0.717) is 17.5 Å². The molecule has 0 saturated carbocycles. The molecule has 0 aromatic heterocycles. The summed E-state index contributed by atoms with van der Waals surface area (Å²) >= 11 is 0. The van der Waals surface area contributed by atoms with Crippen molar-refractivity contribution in [2.75, 3.05) is 0 Å². The van der Waals surface area contributed by atoms with Crippen LogP contribution in [0.5, 0.6) is 0 Å². The zero-order valence-corrected chi connectivity index (χ0v) is 8.64. The molecule has 0 radical (unpaired) electrons. The van der Waals surface area contributed by atoms with Gasteiger partial charge in [0.25, 0.3) is 0 Å². The van der Waals surface area contributed by atoms with Crippen LogP contribution >= 0.6 is 0 Å². The highest BCUT2D eigenvalue weighted by Crippen LogP contribution is 2.28. The van der Waals surface area contributed by atoms with Crippen molar-refractivity contribution in [3.63, 3.8) is 0 Å². The summed E-state index contributed by atoms with van der Waals surface area (Å²) in [5.41, 5.74) is 2.05. The van der Waals surface area contributed by atoms with Crippen molar-refractivity contribution in [1.29, 1.82) is 0 Å². The molecule has 15 heavy (non-hydrogen) atoms. The molecule has 0 bridgehead atoms. The molecule has 1 aromatic rings. The molecule has 1 aliphatic carbocycles. The number of hydrogen-bond donors (Lipinski definition) is 1. The second-order valence-electron chi connectivity index (χ2n) is 4.03. The first-order valence-electron chi connectivity index (χ1n) is 5.15. The Balaban J connectivity index is 2.68. The van der Waals surface area contributed by atoms with E-state index in [1.54, 1.807) is 13.0 Å². The Morgan fingerprint density at radius 3 is 2.73 bits per heavy atom. The maximum Gasteiger partial charge on any atom is 0.338 e. The van der Waals surface area contributed by atoms with Gasteiger partial charge in [-0.1, -0.05) is 6.07 Å². The largest absolute Gasteiger partial charge is 0.478 e. The van der Waals surface area contributed by atoms with E-state index >= 15 is 0 Å². The Morgan fingerprint density at radius 2 is 2.07 bits per heavy atom. The minimum Gasteiger partial charge on any atom is -0.478 e. The fourth-order valence-corrected chi connectivity index (χ4v) is 2.25. The molecule has 1 aliphatic rings. The van der Waals surface area contributed by atoms with Crippen molar-refractivity contribution in [3.05, 3.63) is 34.1 Å². The van der Waals surface area contributed by atoms with Gasteiger partial charge in [-0.25, -0.2) is 9.18 Å². The Morgan fingerprint density at radius 1 is 1.40 bits per heavy atom. The maximum atomic E-state index is 13.7. The van der Waals surface area contributed by atoms with Crippen molar-refractivity contribution >= 4 is 5.97 Å². The summed E-state index contributed by atoms with van der Waals surface area (Å²) in [5.74, 6) is -1.71. The quantitative estimate of drug-likeness (QED) is 0.770. The van der Waals surface area contributed by atoms with E-state index in [1.807, 2.05) is 0 Å². The number of fused-ring (bicyclic) bond motifs is 1. The summed E-state index contributed by atoms with van der Waals surface area (Å²) in [6.45, 7) is 1.62. The molecule has 3 heteroatoms. The fourth-order valence-electron chi connectivity index (χ4n) is 2.25. The average Bonchev–Trinajstić information content (AvgIpc) is 2.19. The lowest BCUT2D eigenvalue weighted by atomic mass is 9.86. The average molecular weight is 208 g/mol. The lowest BCUT2D eigenvalue weighted by Gasteiger charge is -2.19. The third-order valence-corrected chi connectivity index (χ3v) is 2.98. The van der Waals surface area contributed by atoms with Gasteiger partial charge in [0.1, 0.15) is 5.82 Å². The molecule has 0 atom stereocenters. The van der Waals surface area contributed by atoms with Gasteiger partial charge in [-0.2, -0.15) is 0 Å². The molecule has 0 spiro atoms. The van der Waals surface area contributed by atoms with E-state index in [4.69, 9.17) is 5.11 Å². The summed E-state index contributed by atoms with van der Waals surface area (Å²) in [5, 5.41) is 9.01. The van der Waals surface area contributed by atoms with E-state index in [2.05, 4.69) is 0 Å².